The van der Waals surface area contributed by atoms with Crippen LogP contribution in [0.15, 0.2) is 48.5 Å². The molecular weight excluding hydrogens is 254 g/mol. The lowest BCUT2D eigenvalue weighted by Gasteiger charge is -2.09. The van der Waals surface area contributed by atoms with Gasteiger partial charge in [0.15, 0.2) is 0 Å². The Hall–Kier alpha value is -2.80. The van der Waals surface area contributed by atoms with Crippen LogP contribution < -0.4 is 9.47 Å². The third-order valence-corrected chi connectivity index (χ3v) is 2.61. The molecule has 0 spiro atoms. The summed E-state index contributed by atoms with van der Waals surface area (Å²) in [5.74, 6) is 1.22. The van der Waals surface area contributed by atoms with E-state index in [1.165, 1.54) is 6.07 Å². The number of carbonyl (C=O) groups is 1. The average molecular weight is 267 g/mol. The summed E-state index contributed by atoms with van der Waals surface area (Å²) in [4.78, 5) is 10.6. The van der Waals surface area contributed by atoms with Crippen LogP contribution in [0, 0.1) is 11.3 Å². The molecule has 4 heteroatoms. The van der Waals surface area contributed by atoms with Crippen molar-refractivity contribution in [2.24, 2.45) is 0 Å². The number of aldehydes is 1. The Labute approximate surface area is 117 Å². The van der Waals surface area contributed by atoms with Crippen LogP contribution in [0.2, 0.25) is 0 Å². The lowest BCUT2D eigenvalue weighted by atomic mass is 10.1. The van der Waals surface area contributed by atoms with E-state index in [1.54, 1.807) is 12.1 Å². The number of para-hydroxylation sites is 1. The molecule has 0 aliphatic heterocycles. The molecule has 100 valence electrons. The summed E-state index contributed by atoms with van der Waals surface area (Å²) in [5.41, 5.74) is 0.795. The molecule has 0 N–H and O–H groups in total. The van der Waals surface area contributed by atoms with E-state index in [1.807, 2.05) is 36.4 Å². The van der Waals surface area contributed by atoms with Gasteiger partial charge < -0.3 is 9.47 Å². The van der Waals surface area contributed by atoms with E-state index in [-0.39, 0.29) is 0 Å². The topological polar surface area (TPSA) is 59.3 Å². The van der Waals surface area contributed by atoms with Crippen LogP contribution in [0.25, 0.3) is 0 Å². The SMILES string of the molecule is N#Cc1cc(C=O)ccc1OCCOc1ccccc1. The smallest absolute Gasteiger partial charge is 0.150 e. The molecule has 0 unspecified atom stereocenters. The highest BCUT2D eigenvalue weighted by molar-refractivity contribution is 5.76. The lowest BCUT2D eigenvalue weighted by molar-refractivity contribution is 0.112. The molecule has 20 heavy (non-hydrogen) atoms. The summed E-state index contributed by atoms with van der Waals surface area (Å²) in [6, 6.07) is 16.1. The number of carbonyl (C=O) groups excluding carboxylic acids is 1. The number of benzene rings is 2. The van der Waals surface area contributed by atoms with E-state index in [4.69, 9.17) is 14.7 Å². The molecule has 4 nitrogen and oxygen atoms in total. The van der Waals surface area contributed by atoms with Crippen LogP contribution >= 0.6 is 0 Å². The third kappa shape index (κ3) is 3.59. The Morgan fingerprint density at radius 3 is 2.50 bits per heavy atom. The molecule has 2 rings (SSSR count). The number of hydrogen-bond acceptors (Lipinski definition) is 4. The van der Waals surface area contributed by atoms with Gasteiger partial charge in [0.1, 0.15) is 37.1 Å². The largest absolute Gasteiger partial charge is 0.490 e. The molecule has 0 saturated heterocycles. The van der Waals surface area contributed by atoms with Crippen LogP contribution in [0.5, 0.6) is 11.5 Å². The minimum absolute atomic E-state index is 0.323. The van der Waals surface area contributed by atoms with E-state index >= 15 is 0 Å². The van der Waals surface area contributed by atoms with Crippen molar-refractivity contribution < 1.29 is 14.3 Å². The van der Waals surface area contributed by atoms with Crippen molar-refractivity contribution >= 4 is 6.29 Å². The van der Waals surface area contributed by atoms with Crippen molar-refractivity contribution in [3.8, 4) is 17.6 Å². The van der Waals surface area contributed by atoms with Crippen molar-refractivity contribution in [3.05, 3.63) is 59.7 Å². The molecule has 0 aliphatic rings. The van der Waals surface area contributed by atoms with Crippen LogP contribution in [-0.2, 0) is 0 Å². The van der Waals surface area contributed by atoms with Crippen LogP contribution in [0.1, 0.15) is 15.9 Å². The molecule has 0 atom stereocenters. The van der Waals surface area contributed by atoms with Gasteiger partial charge in [-0.05, 0) is 30.3 Å². The first-order valence-corrected chi connectivity index (χ1v) is 6.13. The predicted molar refractivity (Wildman–Crippen MR) is 74.0 cm³/mol. The molecule has 2 aromatic rings. The van der Waals surface area contributed by atoms with Gasteiger partial charge in [-0.15, -0.1) is 0 Å². The molecule has 0 aliphatic carbocycles. The Balaban J connectivity index is 1.88. The molecule has 0 fully saturated rings. The van der Waals surface area contributed by atoms with E-state index in [9.17, 15) is 4.79 Å². The number of rotatable bonds is 6. The fourth-order valence-corrected chi connectivity index (χ4v) is 1.66. The van der Waals surface area contributed by atoms with E-state index in [0.29, 0.717) is 36.4 Å². The van der Waals surface area contributed by atoms with Gasteiger partial charge in [-0.3, -0.25) is 4.79 Å². The first-order valence-electron chi connectivity index (χ1n) is 6.13. The summed E-state index contributed by atoms with van der Waals surface area (Å²) in [7, 11) is 0. The number of hydrogen-bond donors (Lipinski definition) is 0. The van der Waals surface area contributed by atoms with E-state index < -0.39 is 0 Å². The van der Waals surface area contributed by atoms with Crippen LogP contribution in [0.4, 0.5) is 0 Å². The maximum atomic E-state index is 10.6. The van der Waals surface area contributed by atoms with Crippen LogP contribution in [-0.4, -0.2) is 19.5 Å². The lowest BCUT2D eigenvalue weighted by Crippen LogP contribution is -2.09. The normalized spacial score (nSPS) is 9.55. The van der Waals surface area contributed by atoms with Crippen molar-refractivity contribution in [3.63, 3.8) is 0 Å². The Bertz CT molecular complexity index is 617. The summed E-state index contributed by atoms with van der Waals surface area (Å²) >= 11 is 0. The van der Waals surface area contributed by atoms with Crippen molar-refractivity contribution in [2.75, 3.05) is 13.2 Å². The summed E-state index contributed by atoms with van der Waals surface area (Å²) in [6.45, 7) is 0.703. The quantitative estimate of drug-likeness (QED) is 0.596. The van der Waals surface area contributed by atoms with Gasteiger partial charge in [-0.25, -0.2) is 0 Å². The zero-order valence-electron chi connectivity index (χ0n) is 10.8. The Morgan fingerprint density at radius 2 is 1.80 bits per heavy atom. The molecular formula is C16H13NO3. The van der Waals surface area contributed by atoms with Gasteiger partial charge in [0.25, 0.3) is 0 Å². The number of nitriles is 1. The van der Waals surface area contributed by atoms with Gasteiger partial charge in [-0.1, -0.05) is 18.2 Å². The highest BCUT2D eigenvalue weighted by Gasteiger charge is 2.04. The molecule has 2 aromatic carbocycles. The summed E-state index contributed by atoms with van der Waals surface area (Å²) in [6.07, 6.45) is 0.698. The fraction of sp³-hybridized carbons (Fsp3) is 0.125. The van der Waals surface area contributed by atoms with Crippen molar-refractivity contribution in [2.45, 2.75) is 0 Å². The molecule has 0 heterocycles. The van der Waals surface area contributed by atoms with Gasteiger partial charge in [-0.2, -0.15) is 5.26 Å². The third-order valence-electron chi connectivity index (χ3n) is 2.61. The second-order valence-corrected chi connectivity index (χ2v) is 4.00. The Kier molecular flexibility index (Phi) is 4.74. The van der Waals surface area contributed by atoms with Crippen LogP contribution in [0.3, 0.4) is 0 Å². The maximum Gasteiger partial charge on any atom is 0.150 e. The molecule has 0 bridgehead atoms. The van der Waals surface area contributed by atoms with Gasteiger partial charge in [0.2, 0.25) is 0 Å². The Morgan fingerprint density at radius 1 is 1.05 bits per heavy atom. The highest BCUT2D eigenvalue weighted by atomic mass is 16.5. The monoisotopic (exact) mass is 267 g/mol. The first-order chi connectivity index (χ1) is 9.83. The highest BCUT2D eigenvalue weighted by Crippen LogP contribution is 2.18. The molecule has 0 amide bonds. The first kappa shape index (κ1) is 13.6. The van der Waals surface area contributed by atoms with Crippen molar-refractivity contribution in [1.82, 2.24) is 0 Å². The second-order valence-electron chi connectivity index (χ2n) is 4.00. The van der Waals surface area contributed by atoms with E-state index in [2.05, 4.69) is 0 Å². The maximum absolute atomic E-state index is 10.6. The standard InChI is InChI=1S/C16H13NO3/c17-11-14-10-13(12-18)6-7-16(14)20-9-8-19-15-4-2-1-3-5-15/h1-7,10,12H,8-9H2. The molecule has 0 saturated carbocycles. The minimum atomic E-state index is 0.323. The fourth-order valence-electron chi connectivity index (χ4n) is 1.66. The summed E-state index contributed by atoms with van der Waals surface area (Å²) < 4.78 is 11.0. The zero-order chi connectivity index (χ0) is 14.2. The second kappa shape index (κ2) is 6.95. The molecule has 0 radical (unpaired) electrons. The zero-order valence-corrected chi connectivity index (χ0v) is 10.8. The summed E-state index contributed by atoms with van der Waals surface area (Å²) in [5, 5.41) is 9.00. The van der Waals surface area contributed by atoms with Gasteiger partial charge >= 0.3 is 0 Å². The van der Waals surface area contributed by atoms with E-state index in [0.717, 1.165) is 5.75 Å². The predicted octanol–water partition coefficient (Wildman–Crippen LogP) is 2.83. The van der Waals surface area contributed by atoms with Gasteiger partial charge in [0, 0.05) is 5.56 Å². The number of nitrogens with zero attached hydrogens (tertiary/aromatic N) is 1. The number of ether oxygens (including phenoxy) is 2. The minimum Gasteiger partial charge on any atom is -0.490 e. The average Bonchev–Trinajstić information content (AvgIpc) is 2.52. The van der Waals surface area contributed by atoms with Gasteiger partial charge in [0.05, 0.1) is 5.56 Å². The molecule has 0 aromatic heterocycles. The van der Waals surface area contributed by atoms with Crippen molar-refractivity contribution in [1.29, 1.82) is 5.26 Å².